The van der Waals surface area contributed by atoms with Crippen LogP contribution in [0.4, 0.5) is 0 Å². The fraction of sp³-hybridized carbons (Fsp3) is 0.611. The Balaban J connectivity index is 1.77. The van der Waals surface area contributed by atoms with E-state index in [1.54, 1.807) is 0 Å². The van der Waals surface area contributed by atoms with Crippen molar-refractivity contribution in [2.24, 2.45) is 5.92 Å². The van der Waals surface area contributed by atoms with Crippen molar-refractivity contribution in [3.63, 3.8) is 0 Å². The Labute approximate surface area is 150 Å². The normalized spacial score (nSPS) is 18.7. The van der Waals surface area contributed by atoms with Crippen LogP contribution in [-0.4, -0.2) is 51.1 Å². The highest BCUT2D eigenvalue weighted by atomic mass is 32.2. The number of benzene rings is 1. The second-order valence-electron chi connectivity index (χ2n) is 6.40. The first-order chi connectivity index (χ1) is 11.9. The monoisotopic (exact) mass is 368 g/mol. The molecule has 0 unspecified atom stereocenters. The molecule has 0 radical (unpaired) electrons. The second kappa shape index (κ2) is 9.20. The van der Waals surface area contributed by atoms with Crippen LogP contribution in [0.3, 0.4) is 0 Å². The van der Waals surface area contributed by atoms with Gasteiger partial charge in [-0.05, 0) is 44.2 Å². The topological polar surface area (TPSA) is 75.7 Å². The average molecular weight is 368 g/mol. The van der Waals surface area contributed by atoms with Gasteiger partial charge in [0.05, 0.1) is 18.8 Å². The van der Waals surface area contributed by atoms with Crippen molar-refractivity contribution in [2.45, 2.75) is 32.6 Å². The van der Waals surface area contributed by atoms with Gasteiger partial charge in [0.2, 0.25) is 15.9 Å². The van der Waals surface area contributed by atoms with E-state index in [9.17, 15) is 13.2 Å². The molecule has 1 fully saturated rings. The van der Waals surface area contributed by atoms with E-state index in [4.69, 9.17) is 4.74 Å². The van der Waals surface area contributed by atoms with Crippen molar-refractivity contribution >= 4 is 15.9 Å². The Morgan fingerprint density at radius 1 is 1.36 bits per heavy atom. The van der Waals surface area contributed by atoms with Gasteiger partial charge in [-0.25, -0.2) is 12.7 Å². The first-order valence-corrected chi connectivity index (χ1v) is 10.7. The predicted octanol–water partition coefficient (Wildman–Crippen LogP) is 1.81. The molecule has 0 aromatic heterocycles. The smallest absolute Gasteiger partial charge is 0.224 e. The van der Waals surface area contributed by atoms with Crippen molar-refractivity contribution in [3.05, 3.63) is 29.8 Å². The number of amides is 1. The molecular weight excluding hydrogens is 340 g/mol. The lowest BCUT2D eigenvalue weighted by Gasteiger charge is -2.30. The van der Waals surface area contributed by atoms with Gasteiger partial charge in [-0.15, -0.1) is 0 Å². The largest absolute Gasteiger partial charge is 0.494 e. The molecule has 1 aromatic carbocycles. The quantitative estimate of drug-likeness (QED) is 0.710. The number of ether oxygens (including phenoxy) is 1. The fourth-order valence-electron chi connectivity index (χ4n) is 3.10. The van der Waals surface area contributed by atoms with Crippen molar-refractivity contribution < 1.29 is 17.9 Å². The summed E-state index contributed by atoms with van der Waals surface area (Å²) < 4.78 is 30.3. The Hall–Kier alpha value is -1.60. The Morgan fingerprint density at radius 2 is 2.12 bits per heavy atom. The van der Waals surface area contributed by atoms with Crippen molar-refractivity contribution in [3.8, 4) is 5.75 Å². The van der Waals surface area contributed by atoms with Crippen LogP contribution in [0.1, 0.15) is 31.7 Å². The van der Waals surface area contributed by atoms with Crippen LogP contribution in [0.5, 0.6) is 5.75 Å². The summed E-state index contributed by atoms with van der Waals surface area (Å²) in [5.74, 6) is 0.595. The number of carbonyl (C=O) groups is 1. The van der Waals surface area contributed by atoms with Crippen LogP contribution in [0.2, 0.25) is 0 Å². The molecule has 0 spiro atoms. The minimum atomic E-state index is -3.22. The standard InChI is InChI=1S/C18H28N2O4S/c1-3-24-17-11-5-4-8-15(17)9-6-12-19-18(21)16-10-7-13-20(14-16)25(2,22)23/h4-5,8,11,16H,3,6-7,9-10,12-14H2,1-2H3,(H,19,21)/t16-/m0/s1. The number of nitrogens with one attached hydrogen (secondary N) is 1. The number of nitrogens with zero attached hydrogens (tertiary/aromatic N) is 1. The van der Waals surface area contributed by atoms with Crippen LogP contribution in [0, 0.1) is 5.92 Å². The van der Waals surface area contributed by atoms with E-state index < -0.39 is 10.0 Å². The van der Waals surface area contributed by atoms with Gasteiger partial charge < -0.3 is 10.1 Å². The average Bonchev–Trinajstić information content (AvgIpc) is 2.59. The zero-order valence-corrected chi connectivity index (χ0v) is 15.8. The van der Waals surface area contributed by atoms with Crippen LogP contribution in [0.25, 0.3) is 0 Å². The van der Waals surface area contributed by atoms with E-state index >= 15 is 0 Å². The summed E-state index contributed by atoms with van der Waals surface area (Å²) in [5.41, 5.74) is 1.14. The molecule has 1 N–H and O–H groups in total. The summed E-state index contributed by atoms with van der Waals surface area (Å²) in [6.07, 6.45) is 4.32. The lowest BCUT2D eigenvalue weighted by molar-refractivity contribution is -0.126. The van der Waals surface area contributed by atoms with Gasteiger partial charge in [-0.1, -0.05) is 18.2 Å². The SMILES string of the molecule is CCOc1ccccc1CCCNC(=O)[C@H]1CCCN(S(C)(=O)=O)C1. The van der Waals surface area contributed by atoms with E-state index in [0.29, 0.717) is 19.7 Å². The minimum absolute atomic E-state index is 0.0496. The molecule has 1 aliphatic heterocycles. The second-order valence-corrected chi connectivity index (χ2v) is 8.38. The van der Waals surface area contributed by atoms with Gasteiger partial charge in [0.25, 0.3) is 0 Å². The van der Waals surface area contributed by atoms with E-state index in [2.05, 4.69) is 5.32 Å². The number of aryl methyl sites for hydroxylation is 1. The Bertz CT molecular complexity index is 675. The summed E-state index contributed by atoms with van der Waals surface area (Å²) in [6.45, 7) is 3.97. The Kier molecular flexibility index (Phi) is 7.25. The molecule has 0 saturated carbocycles. The summed E-state index contributed by atoms with van der Waals surface area (Å²) in [7, 11) is -3.22. The molecule has 140 valence electrons. The molecule has 1 amide bonds. The summed E-state index contributed by atoms with van der Waals surface area (Å²) in [5, 5.41) is 2.94. The number of carbonyl (C=O) groups excluding carboxylic acids is 1. The Morgan fingerprint density at radius 3 is 2.84 bits per heavy atom. The first kappa shape index (κ1) is 19.7. The summed E-state index contributed by atoms with van der Waals surface area (Å²) in [6, 6.07) is 7.93. The van der Waals surface area contributed by atoms with Gasteiger partial charge in [0, 0.05) is 19.6 Å². The van der Waals surface area contributed by atoms with Gasteiger partial charge in [0.15, 0.2) is 0 Å². The summed E-state index contributed by atoms with van der Waals surface area (Å²) in [4.78, 5) is 12.3. The molecule has 1 heterocycles. The third-order valence-corrected chi connectivity index (χ3v) is 5.69. The van der Waals surface area contributed by atoms with Gasteiger partial charge in [0.1, 0.15) is 5.75 Å². The van der Waals surface area contributed by atoms with Gasteiger partial charge >= 0.3 is 0 Å². The molecule has 0 bridgehead atoms. The highest BCUT2D eigenvalue weighted by molar-refractivity contribution is 7.88. The highest BCUT2D eigenvalue weighted by Crippen LogP contribution is 2.20. The number of hydrogen-bond donors (Lipinski definition) is 1. The predicted molar refractivity (Wildman–Crippen MR) is 98.1 cm³/mol. The molecule has 2 rings (SSSR count). The van der Waals surface area contributed by atoms with Crippen molar-refractivity contribution in [2.75, 3.05) is 32.5 Å². The van der Waals surface area contributed by atoms with E-state index in [1.807, 2.05) is 31.2 Å². The molecule has 25 heavy (non-hydrogen) atoms. The van der Waals surface area contributed by atoms with Gasteiger partial charge in [-0.3, -0.25) is 4.79 Å². The lowest BCUT2D eigenvalue weighted by atomic mass is 9.99. The fourth-order valence-corrected chi connectivity index (χ4v) is 4.01. The maximum Gasteiger partial charge on any atom is 0.224 e. The number of piperidine rings is 1. The van der Waals surface area contributed by atoms with E-state index in [1.165, 1.54) is 10.6 Å². The molecule has 1 aliphatic rings. The van der Waals surface area contributed by atoms with Crippen molar-refractivity contribution in [1.82, 2.24) is 9.62 Å². The van der Waals surface area contributed by atoms with Crippen LogP contribution < -0.4 is 10.1 Å². The number of sulfonamides is 1. The zero-order valence-electron chi connectivity index (χ0n) is 15.0. The molecule has 6 nitrogen and oxygen atoms in total. The van der Waals surface area contributed by atoms with E-state index in [-0.39, 0.29) is 18.4 Å². The van der Waals surface area contributed by atoms with Crippen LogP contribution in [-0.2, 0) is 21.2 Å². The van der Waals surface area contributed by atoms with E-state index in [0.717, 1.165) is 37.0 Å². The molecule has 1 saturated heterocycles. The molecular formula is C18H28N2O4S. The highest BCUT2D eigenvalue weighted by Gasteiger charge is 2.29. The third-order valence-electron chi connectivity index (χ3n) is 4.42. The maximum atomic E-state index is 12.3. The lowest BCUT2D eigenvalue weighted by Crippen LogP contribution is -2.45. The minimum Gasteiger partial charge on any atom is -0.494 e. The van der Waals surface area contributed by atoms with Gasteiger partial charge in [-0.2, -0.15) is 0 Å². The molecule has 1 aromatic rings. The molecule has 1 atom stereocenters. The third kappa shape index (κ3) is 6.01. The number of hydrogen-bond acceptors (Lipinski definition) is 4. The molecule has 7 heteroatoms. The van der Waals surface area contributed by atoms with Crippen LogP contribution in [0.15, 0.2) is 24.3 Å². The molecule has 0 aliphatic carbocycles. The maximum absolute atomic E-state index is 12.3. The summed E-state index contributed by atoms with van der Waals surface area (Å²) >= 11 is 0. The number of para-hydroxylation sites is 1. The zero-order chi connectivity index (χ0) is 18.3. The first-order valence-electron chi connectivity index (χ1n) is 8.85. The van der Waals surface area contributed by atoms with Crippen molar-refractivity contribution in [1.29, 1.82) is 0 Å². The number of rotatable bonds is 8. The van der Waals surface area contributed by atoms with Crippen LogP contribution >= 0.6 is 0 Å².